The molecule has 1 atom stereocenters. The van der Waals surface area contributed by atoms with Crippen LogP contribution in [-0.4, -0.2) is 40.3 Å². The average molecular weight is 364 g/mol. The molecule has 0 fully saturated rings. The van der Waals surface area contributed by atoms with Gasteiger partial charge in [0.1, 0.15) is 5.75 Å². The van der Waals surface area contributed by atoms with Gasteiger partial charge in [-0.3, -0.25) is 15.2 Å². The molecule has 0 bridgehead atoms. The second-order valence-corrected chi connectivity index (χ2v) is 5.95. The van der Waals surface area contributed by atoms with Gasteiger partial charge in [0.15, 0.2) is 11.9 Å². The van der Waals surface area contributed by atoms with Crippen LogP contribution in [0.5, 0.6) is 5.75 Å². The molecule has 1 aromatic heterocycles. The molecule has 0 aliphatic carbocycles. The summed E-state index contributed by atoms with van der Waals surface area (Å²) in [6, 6.07) is 14.4. The van der Waals surface area contributed by atoms with Crippen molar-refractivity contribution in [2.24, 2.45) is 0 Å². The van der Waals surface area contributed by atoms with Crippen molar-refractivity contribution < 1.29 is 19.1 Å². The molecule has 0 spiro atoms. The third-order valence-electron chi connectivity index (χ3n) is 4.27. The van der Waals surface area contributed by atoms with Gasteiger partial charge in [-0.2, -0.15) is 4.98 Å². The molecule has 2 heterocycles. The number of para-hydroxylation sites is 1. The topological polar surface area (TPSA) is 106 Å². The highest BCUT2D eigenvalue weighted by atomic mass is 16.5. The molecule has 2 N–H and O–H groups in total. The summed E-state index contributed by atoms with van der Waals surface area (Å²) in [5.74, 6) is 0.180. The molecule has 8 nitrogen and oxygen atoms in total. The van der Waals surface area contributed by atoms with E-state index in [4.69, 9.17) is 9.47 Å². The number of aromatic amines is 1. The Morgan fingerprint density at radius 3 is 2.74 bits per heavy atom. The molecule has 1 aliphatic heterocycles. The van der Waals surface area contributed by atoms with Gasteiger partial charge in [0.2, 0.25) is 5.95 Å². The van der Waals surface area contributed by atoms with Crippen LogP contribution < -0.4 is 10.1 Å². The predicted octanol–water partition coefficient (Wildman–Crippen LogP) is 2.20. The summed E-state index contributed by atoms with van der Waals surface area (Å²) in [6.45, 7) is 0. The largest absolute Gasteiger partial charge is 0.496 e. The quantitative estimate of drug-likeness (QED) is 0.688. The van der Waals surface area contributed by atoms with E-state index in [1.807, 2.05) is 30.3 Å². The molecule has 0 saturated carbocycles. The smallest absolute Gasteiger partial charge is 0.339 e. The van der Waals surface area contributed by atoms with Crippen LogP contribution in [-0.2, 0) is 16.0 Å². The number of cyclic esters (lactones) is 1. The number of anilines is 1. The fourth-order valence-corrected chi connectivity index (χ4v) is 2.95. The zero-order valence-corrected chi connectivity index (χ0v) is 14.4. The van der Waals surface area contributed by atoms with Crippen molar-refractivity contribution in [2.75, 3.05) is 12.4 Å². The lowest BCUT2D eigenvalue weighted by atomic mass is 9.98. The number of hydrogen-bond donors (Lipinski definition) is 2. The third kappa shape index (κ3) is 3.24. The fourth-order valence-electron chi connectivity index (χ4n) is 2.95. The first-order chi connectivity index (χ1) is 13.2. The summed E-state index contributed by atoms with van der Waals surface area (Å²) in [7, 11) is 1.56. The second-order valence-electron chi connectivity index (χ2n) is 5.95. The number of rotatable bonds is 4. The summed E-state index contributed by atoms with van der Waals surface area (Å²) >= 11 is 0. The Bertz CT molecular complexity index is 1010. The number of amides is 1. The first-order valence-electron chi connectivity index (χ1n) is 8.31. The summed E-state index contributed by atoms with van der Waals surface area (Å²) in [6.07, 6.45) is -0.627. The van der Waals surface area contributed by atoms with Crippen LogP contribution in [0.1, 0.15) is 15.9 Å². The summed E-state index contributed by atoms with van der Waals surface area (Å²) in [5.41, 5.74) is 1.97. The highest BCUT2D eigenvalue weighted by Gasteiger charge is 2.31. The maximum Gasteiger partial charge on any atom is 0.339 e. The van der Waals surface area contributed by atoms with Gasteiger partial charge in [-0.25, -0.2) is 4.79 Å². The number of ether oxygens (including phenoxy) is 2. The molecule has 1 amide bonds. The Labute approximate surface area is 154 Å². The summed E-state index contributed by atoms with van der Waals surface area (Å²) < 4.78 is 10.5. The van der Waals surface area contributed by atoms with Crippen LogP contribution in [0, 0.1) is 0 Å². The van der Waals surface area contributed by atoms with Gasteiger partial charge in [0, 0.05) is 6.42 Å². The number of H-pyrrole nitrogens is 1. The highest BCUT2D eigenvalue weighted by molar-refractivity contribution is 5.99. The van der Waals surface area contributed by atoms with Crippen LogP contribution in [0.25, 0.3) is 11.4 Å². The number of aromatic nitrogens is 3. The van der Waals surface area contributed by atoms with Gasteiger partial charge in [-0.1, -0.05) is 30.3 Å². The average Bonchev–Trinajstić information content (AvgIpc) is 3.16. The normalized spacial score (nSPS) is 15.6. The van der Waals surface area contributed by atoms with Crippen molar-refractivity contribution in [1.82, 2.24) is 15.2 Å². The second kappa shape index (κ2) is 6.91. The number of methoxy groups -OCH3 is 1. The minimum atomic E-state index is -0.930. The lowest BCUT2D eigenvalue weighted by Crippen LogP contribution is -2.38. The Kier molecular flexibility index (Phi) is 4.29. The van der Waals surface area contributed by atoms with Crippen LogP contribution in [0.3, 0.4) is 0 Å². The zero-order valence-electron chi connectivity index (χ0n) is 14.4. The van der Waals surface area contributed by atoms with Crippen molar-refractivity contribution in [1.29, 1.82) is 0 Å². The highest BCUT2D eigenvalue weighted by Crippen LogP contribution is 2.27. The Morgan fingerprint density at radius 2 is 1.93 bits per heavy atom. The first-order valence-corrected chi connectivity index (χ1v) is 8.31. The minimum absolute atomic E-state index is 0.0933. The molecule has 8 heteroatoms. The van der Waals surface area contributed by atoms with E-state index in [0.717, 1.165) is 5.56 Å². The van der Waals surface area contributed by atoms with Crippen LogP contribution in [0.15, 0.2) is 48.5 Å². The van der Waals surface area contributed by atoms with E-state index in [-0.39, 0.29) is 5.95 Å². The molecule has 1 aliphatic rings. The standard InChI is InChI=1S/C19H16N4O4/c1-26-14-9-5-4-8-13(14)16-20-19(23-22-16)21-17(24)15-10-11-6-2-3-7-12(11)18(25)27-15/h2-9,15H,10H2,1H3,(H2,20,21,22,23,24). The number of carbonyl (C=O) groups is 2. The van der Waals surface area contributed by atoms with Crippen LogP contribution in [0.2, 0.25) is 0 Å². The van der Waals surface area contributed by atoms with E-state index < -0.39 is 18.0 Å². The monoisotopic (exact) mass is 364 g/mol. The van der Waals surface area contributed by atoms with Gasteiger partial charge < -0.3 is 9.47 Å². The van der Waals surface area contributed by atoms with Gasteiger partial charge in [0.05, 0.1) is 18.2 Å². The molecule has 1 unspecified atom stereocenters. The molecule has 3 aromatic rings. The third-order valence-corrected chi connectivity index (χ3v) is 4.27. The molecular formula is C19H16N4O4. The van der Waals surface area contributed by atoms with E-state index in [0.29, 0.717) is 29.1 Å². The molecule has 136 valence electrons. The molecular weight excluding hydrogens is 348 g/mol. The van der Waals surface area contributed by atoms with Gasteiger partial charge >= 0.3 is 5.97 Å². The van der Waals surface area contributed by atoms with Crippen LogP contribution >= 0.6 is 0 Å². The maximum atomic E-state index is 12.5. The first kappa shape index (κ1) is 16.8. The fraction of sp³-hybridized carbons (Fsp3) is 0.158. The van der Waals surface area contributed by atoms with Crippen molar-refractivity contribution >= 4 is 17.8 Å². The summed E-state index contributed by atoms with van der Waals surface area (Å²) in [4.78, 5) is 28.8. The number of fused-ring (bicyclic) bond motifs is 1. The predicted molar refractivity (Wildman–Crippen MR) is 96.3 cm³/mol. The van der Waals surface area contributed by atoms with Crippen molar-refractivity contribution in [3.63, 3.8) is 0 Å². The lowest BCUT2D eigenvalue weighted by Gasteiger charge is -2.23. The van der Waals surface area contributed by atoms with Gasteiger partial charge in [-0.05, 0) is 23.8 Å². The van der Waals surface area contributed by atoms with E-state index in [9.17, 15) is 9.59 Å². The number of esters is 1. The molecule has 2 aromatic carbocycles. The van der Waals surface area contributed by atoms with Crippen LogP contribution in [0.4, 0.5) is 5.95 Å². The SMILES string of the molecule is COc1ccccc1-c1nc(NC(=O)C2Cc3ccccc3C(=O)O2)n[nH]1. The van der Waals surface area contributed by atoms with E-state index in [2.05, 4.69) is 20.5 Å². The van der Waals surface area contributed by atoms with Crippen molar-refractivity contribution in [3.8, 4) is 17.1 Å². The van der Waals surface area contributed by atoms with E-state index >= 15 is 0 Å². The number of hydrogen-bond acceptors (Lipinski definition) is 6. The molecule has 0 radical (unpaired) electrons. The van der Waals surface area contributed by atoms with Crippen molar-refractivity contribution in [3.05, 3.63) is 59.7 Å². The lowest BCUT2D eigenvalue weighted by molar-refractivity contribution is -0.125. The molecule has 4 rings (SSSR count). The number of nitrogens with zero attached hydrogens (tertiary/aromatic N) is 2. The zero-order chi connectivity index (χ0) is 18.8. The molecule has 27 heavy (non-hydrogen) atoms. The number of benzene rings is 2. The molecule has 0 saturated heterocycles. The Balaban J connectivity index is 1.50. The summed E-state index contributed by atoms with van der Waals surface area (Å²) in [5, 5.41) is 9.35. The number of carbonyl (C=O) groups excluding carboxylic acids is 2. The Hall–Kier alpha value is -3.68. The van der Waals surface area contributed by atoms with E-state index in [1.54, 1.807) is 25.3 Å². The van der Waals surface area contributed by atoms with Gasteiger partial charge in [0.25, 0.3) is 5.91 Å². The van der Waals surface area contributed by atoms with Crippen molar-refractivity contribution in [2.45, 2.75) is 12.5 Å². The Morgan fingerprint density at radius 1 is 1.19 bits per heavy atom. The van der Waals surface area contributed by atoms with E-state index in [1.165, 1.54) is 0 Å². The number of nitrogens with one attached hydrogen (secondary N) is 2. The minimum Gasteiger partial charge on any atom is -0.496 e. The van der Waals surface area contributed by atoms with Gasteiger partial charge in [-0.15, -0.1) is 5.10 Å². The maximum absolute atomic E-state index is 12.5.